The number of amides is 1. The van der Waals surface area contributed by atoms with Crippen LogP contribution in [0.2, 0.25) is 0 Å². The lowest BCUT2D eigenvalue weighted by Crippen LogP contribution is -2.26. The predicted molar refractivity (Wildman–Crippen MR) is 63.8 cm³/mol. The third-order valence-electron chi connectivity index (χ3n) is 2.26. The number of rotatable bonds is 1. The Bertz CT molecular complexity index is 367. The average molecular weight is 319 g/mol. The Hall–Kier alpha value is -0.350. The molecule has 1 fully saturated rings. The molecule has 0 aliphatic carbocycles. The molecule has 0 unspecified atom stereocenters. The van der Waals surface area contributed by atoms with Crippen LogP contribution in [0.5, 0.6) is 0 Å². The summed E-state index contributed by atoms with van der Waals surface area (Å²) < 4.78 is 1.00. The van der Waals surface area contributed by atoms with Crippen LogP contribution in [0.15, 0.2) is 28.7 Å². The number of anilines is 1. The highest BCUT2D eigenvalue weighted by Gasteiger charge is 2.30. The third kappa shape index (κ3) is 1.86. The summed E-state index contributed by atoms with van der Waals surface area (Å²) in [6, 6.07) is 7.81. The molecule has 1 amide bonds. The molecule has 0 saturated carbocycles. The van der Waals surface area contributed by atoms with Crippen LogP contribution >= 0.6 is 31.9 Å². The summed E-state index contributed by atoms with van der Waals surface area (Å²) in [5, 5.41) is 0. The molecule has 2 rings (SSSR count). The van der Waals surface area contributed by atoms with Gasteiger partial charge in [0.05, 0.1) is 4.83 Å². The van der Waals surface area contributed by atoms with Gasteiger partial charge in [0, 0.05) is 16.7 Å². The number of halogens is 2. The van der Waals surface area contributed by atoms with Gasteiger partial charge in [-0.3, -0.25) is 4.79 Å². The van der Waals surface area contributed by atoms with E-state index < -0.39 is 0 Å². The molecule has 0 aromatic heterocycles. The minimum absolute atomic E-state index is 0.0125. The molecule has 1 saturated heterocycles. The van der Waals surface area contributed by atoms with Crippen LogP contribution in [0, 0.1) is 0 Å². The van der Waals surface area contributed by atoms with Gasteiger partial charge in [-0.15, -0.1) is 0 Å². The fourth-order valence-electron chi connectivity index (χ4n) is 1.55. The van der Waals surface area contributed by atoms with Gasteiger partial charge in [0.15, 0.2) is 0 Å². The first-order valence-corrected chi connectivity index (χ1v) is 6.10. The van der Waals surface area contributed by atoms with Crippen molar-refractivity contribution in [2.75, 3.05) is 11.4 Å². The Morgan fingerprint density at radius 2 is 2.21 bits per heavy atom. The fourth-order valence-corrected chi connectivity index (χ4v) is 2.38. The van der Waals surface area contributed by atoms with Gasteiger partial charge in [0.2, 0.25) is 5.91 Å². The second-order valence-corrected chi connectivity index (χ2v) is 5.25. The van der Waals surface area contributed by atoms with Crippen LogP contribution in [-0.4, -0.2) is 17.3 Å². The summed E-state index contributed by atoms with van der Waals surface area (Å²) in [5.74, 6) is 0.156. The Morgan fingerprint density at radius 3 is 2.79 bits per heavy atom. The molecule has 74 valence electrons. The summed E-state index contributed by atoms with van der Waals surface area (Å²) >= 11 is 6.75. The Morgan fingerprint density at radius 1 is 1.43 bits per heavy atom. The van der Waals surface area contributed by atoms with Gasteiger partial charge >= 0.3 is 0 Å². The Balaban J connectivity index is 2.28. The van der Waals surface area contributed by atoms with Crippen LogP contribution in [0.4, 0.5) is 5.69 Å². The first-order valence-electron chi connectivity index (χ1n) is 4.39. The quantitative estimate of drug-likeness (QED) is 0.729. The number of alkyl halides is 1. The zero-order valence-corrected chi connectivity index (χ0v) is 10.6. The van der Waals surface area contributed by atoms with Crippen LogP contribution < -0.4 is 4.90 Å². The zero-order valence-electron chi connectivity index (χ0n) is 7.41. The SMILES string of the molecule is O=C1[C@@H](Br)CCN1c1cccc(Br)c1. The number of carbonyl (C=O) groups is 1. The van der Waals surface area contributed by atoms with Crippen molar-refractivity contribution >= 4 is 43.5 Å². The van der Waals surface area contributed by atoms with Gasteiger partial charge in [0.25, 0.3) is 0 Å². The number of hydrogen-bond donors (Lipinski definition) is 0. The molecule has 2 nitrogen and oxygen atoms in total. The monoisotopic (exact) mass is 317 g/mol. The van der Waals surface area contributed by atoms with Gasteiger partial charge in [-0.1, -0.05) is 37.9 Å². The molecule has 1 aliphatic rings. The second-order valence-electron chi connectivity index (χ2n) is 3.23. The lowest BCUT2D eigenvalue weighted by atomic mass is 10.3. The summed E-state index contributed by atoms with van der Waals surface area (Å²) in [4.78, 5) is 13.5. The first-order chi connectivity index (χ1) is 6.68. The summed E-state index contributed by atoms with van der Waals surface area (Å²) in [6.07, 6.45) is 0.880. The van der Waals surface area contributed by atoms with E-state index in [1.54, 1.807) is 0 Å². The summed E-state index contributed by atoms with van der Waals surface area (Å²) in [6.45, 7) is 0.797. The molecule has 14 heavy (non-hydrogen) atoms. The van der Waals surface area contributed by atoms with Crippen molar-refractivity contribution < 1.29 is 4.79 Å². The van der Waals surface area contributed by atoms with E-state index in [0.717, 1.165) is 23.1 Å². The van der Waals surface area contributed by atoms with E-state index in [1.807, 2.05) is 29.2 Å². The molecule has 1 aliphatic heterocycles. The minimum Gasteiger partial charge on any atom is -0.311 e. The van der Waals surface area contributed by atoms with Crippen molar-refractivity contribution in [3.8, 4) is 0 Å². The number of nitrogens with zero attached hydrogens (tertiary/aromatic N) is 1. The summed E-state index contributed by atoms with van der Waals surface area (Å²) in [7, 11) is 0. The van der Waals surface area contributed by atoms with E-state index in [4.69, 9.17) is 0 Å². The molecule has 1 aromatic carbocycles. The van der Waals surface area contributed by atoms with E-state index in [1.165, 1.54) is 0 Å². The van der Waals surface area contributed by atoms with Gasteiger partial charge in [0.1, 0.15) is 0 Å². The molecule has 1 atom stereocenters. The van der Waals surface area contributed by atoms with Crippen LogP contribution in [0.1, 0.15) is 6.42 Å². The fraction of sp³-hybridized carbons (Fsp3) is 0.300. The van der Waals surface area contributed by atoms with Crippen molar-refractivity contribution in [3.63, 3.8) is 0 Å². The van der Waals surface area contributed by atoms with Gasteiger partial charge < -0.3 is 4.90 Å². The Kier molecular flexibility index (Phi) is 2.93. The lowest BCUT2D eigenvalue weighted by Gasteiger charge is -2.15. The normalized spacial score (nSPS) is 21.7. The highest BCUT2D eigenvalue weighted by molar-refractivity contribution is 9.10. The van der Waals surface area contributed by atoms with Gasteiger partial charge in [-0.05, 0) is 24.6 Å². The third-order valence-corrected chi connectivity index (χ3v) is 3.60. The van der Waals surface area contributed by atoms with Crippen molar-refractivity contribution in [2.24, 2.45) is 0 Å². The van der Waals surface area contributed by atoms with Crippen LogP contribution in [0.25, 0.3) is 0 Å². The standard InChI is InChI=1S/C10H9Br2NO/c11-7-2-1-3-8(6-7)13-5-4-9(12)10(13)14/h1-3,6,9H,4-5H2/t9-/m0/s1. The highest BCUT2D eigenvalue weighted by atomic mass is 79.9. The molecule has 0 spiro atoms. The van der Waals surface area contributed by atoms with E-state index in [-0.39, 0.29) is 10.7 Å². The lowest BCUT2D eigenvalue weighted by molar-refractivity contribution is -0.116. The second kappa shape index (κ2) is 4.03. The van der Waals surface area contributed by atoms with E-state index in [2.05, 4.69) is 31.9 Å². The molecule has 0 bridgehead atoms. The maximum atomic E-state index is 11.7. The molecule has 1 heterocycles. The molecular formula is C10H9Br2NO. The minimum atomic E-state index is -0.0125. The molecular weight excluding hydrogens is 310 g/mol. The zero-order chi connectivity index (χ0) is 10.1. The molecule has 1 aromatic rings. The van der Waals surface area contributed by atoms with Crippen LogP contribution in [0.3, 0.4) is 0 Å². The van der Waals surface area contributed by atoms with E-state index in [9.17, 15) is 4.79 Å². The predicted octanol–water partition coefficient (Wildman–Crippen LogP) is 2.95. The summed E-state index contributed by atoms with van der Waals surface area (Å²) in [5.41, 5.74) is 0.964. The largest absolute Gasteiger partial charge is 0.311 e. The average Bonchev–Trinajstić information content (AvgIpc) is 2.48. The Labute approximate surface area is 99.5 Å². The van der Waals surface area contributed by atoms with Gasteiger partial charge in [-0.2, -0.15) is 0 Å². The first kappa shape index (κ1) is 10.2. The number of carbonyl (C=O) groups excluding carboxylic acids is 1. The number of benzene rings is 1. The topological polar surface area (TPSA) is 20.3 Å². The van der Waals surface area contributed by atoms with Gasteiger partial charge in [-0.25, -0.2) is 0 Å². The number of hydrogen-bond acceptors (Lipinski definition) is 1. The van der Waals surface area contributed by atoms with Crippen molar-refractivity contribution in [2.45, 2.75) is 11.2 Å². The molecule has 0 radical (unpaired) electrons. The highest BCUT2D eigenvalue weighted by Crippen LogP contribution is 2.27. The molecule has 0 N–H and O–H groups in total. The van der Waals surface area contributed by atoms with E-state index in [0.29, 0.717) is 0 Å². The smallest absolute Gasteiger partial charge is 0.240 e. The maximum Gasteiger partial charge on any atom is 0.240 e. The maximum absolute atomic E-state index is 11.7. The molecule has 4 heteroatoms. The van der Waals surface area contributed by atoms with Crippen molar-refractivity contribution in [1.82, 2.24) is 0 Å². The van der Waals surface area contributed by atoms with Crippen LogP contribution in [-0.2, 0) is 4.79 Å². The van der Waals surface area contributed by atoms with Crippen molar-refractivity contribution in [1.29, 1.82) is 0 Å². The van der Waals surface area contributed by atoms with Crippen molar-refractivity contribution in [3.05, 3.63) is 28.7 Å². The van der Waals surface area contributed by atoms with E-state index >= 15 is 0 Å².